The fourth-order valence-electron chi connectivity index (χ4n) is 2.42. The lowest BCUT2D eigenvalue weighted by molar-refractivity contribution is 0.292. The SMILES string of the molecule is CCC(F)c1cccc(COC2=NCC(C)=C(N=CN(C)CC)C=C2Br)c1. The van der Waals surface area contributed by atoms with Gasteiger partial charge in [0, 0.05) is 13.6 Å². The van der Waals surface area contributed by atoms with Crippen molar-refractivity contribution in [3.05, 3.63) is 57.2 Å². The van der Waals surface area contributed by atoms with Crippen LogP contribution < -0.4 is 0 Å². The molecule has 0 amide bonds. The fourth-order valence-corrected chi connectivity index (χ4v) is 2.88. The first-order chi connectivity index (χ1) is 12.9. The lowest BCUT2D eigenvalue weighted by Crippen LogP contribution is -2.14. The van der Waals surface area contributed by atoms with Gasteiger partial charge in [-0.3, -0.25) is 0 Å². The average molecular weight is 436 g/mol. The summed E-state index contributed by atoms with van der Waals surface area (Å²) in [5, 5.41) is 0. The number of rotatable bonds is 7. The van der Waals surface area contributed by atoms with Crippen LogP contribution in [0, 0.1) is 0 Å². The van der Waals surface area contributed by atoms with E-state index >= 15 is 0 Å². The van der Waals surface area contributed by atoms with Crippen LogP contribution in [0.1, 0.15) is 44.5 Å². The van der Waals surface area contributed by atoms with Crippen molar-refractivity contribution in [2.45, 2.75) is 40.0 Å². The predicted octanol–water partition coefficient (Wildman–Crippen LogP) is 5.57. The molecule has 1 atom stereocenters. The van der Waals surface area contributed by atoms with Gasteiger partial charge in [0.15, 0.2) is 0 Å². The Kier molecular flexibility index (Phi) is 8.23. The van der Waals surface area contributed by atoms with E-state index in [0.717, 1.165) is 27.9 Å². The molecule has 0 saturated carbocycles. The van der Waals surface area contributed by atoms with Gasteiger partial charge in [0.1, 0.15) is 12.8 Å². The highest BCUT2D eigenvalue weighted by molar-refractivity contribution is 9.12. The van der Waals surface area contributed by atoms with Gasteiger partial charge in [-0.05, 0) is 65.0 Å². The monoisotopic (exact) mass is 435 g/mol. The number of hydrogen-bond donors (Lipinski definition) is 0. The maximum Gasteiger partial charge on any atom is 0.224 e. The number of allylic oxidation sites excluding steroid dienone is 1. The quantitative estimate of drug-likeness (QED) is 0.414. The average Bonchev–Trinajstić information content (AvgIpc) is 2.82. The zero-order valence-electron chi connectivity index (χ0n) is 16.4. The molecule has 1 heterocycles. The normalized spacial score (nSPS) is 16.1. The van der Waals surface area contributed by atoms with Gasteiger partial charge in [0.05, 0.1) is 23.1 Å². The van der Waals surface area contributed by atoms with Crippen molar-refractivity contribution in [1.82, 2.24) is 4.90 Å². The molecule has 0 N–H and O–H groups in total. The van der Waals surface area contributed by atoms with Gasteiger partial charge in [0.25, 0.3) is 0 Å². The number of benzene rings is 1. The molecule has 1 aromatic carbocycles. The van der Waals surface area contributed by atoms with Crippen LogP contribution in [-0.2, 0) is 11.3 Å². The molecule has 1 aliphatic heterocycles. The minimum absolute atomic E-state index is 0.336. The first kappa shape index (κ1) is 21.4. The summed E-state index contributed by atoms with van der Waals surface area (Å²) < 4.78 is 20.5. The third-order valence-electron chi connectivity index (χ3n) is 4.30. The second kappa shape index (κ2) is 10.4. The maximum atomic E-state index is 13.9. The fraction of sp³-hybridized carbons (Fsp3) is 0.429. The Balaban J connectivity index is 2.07. The van der Waals surface area contributed by atoms with Crippen LogP contribution in [0.15, 0.2) is 56.1 Å². The van der Waals surface area contributed by atoms with Crippen LogP contribution in [-0.4, -0.2) is 37.3 Å². The standard InChI is InChI=1S/C21H27BrFN3O/c1-5-19(23)17-9-7-8-16(10-17)13-27-21-18(22)11-20(15(3)12-24-21)25-14-26(4)6-2/h7-11,14,19H,5-6,12-13H2,1-4H3. The van der Waals surface area contributed by atoms with Gasteiger partial charge in [-0.2, -0.15) is 0 Å². The van der Waals surface area contributed by atoms with E-state index in [2.05, 4.69) is 32.8 Å². The number of nitrogens with zero attached hydrogens (tertiary/aromatic N) is 3. The van der Waals surface area contributed by atoms with E-state index in [4.69, 9.17) is 4.74 Å². The lowest BCUT2D eigenvalue weighted by Gasteiger charge is -2.11. The summed E-state index contributed by atoms with van der Waals surface area (Å²) in [5.74, 6) is 0.529. The van der Waals surface area contributed by atoms with E-state index in [1.54, 1.807) is 0 Å². The first-order valence-corrected chi connectivity index (χ1v) is 9.95. The molecule has 1 unspecified atom stereocenters. The molecule has 0 fully saturated rings. The van der Waals surface area contributed by atoms with Crippen LogP contribution >= 0.6 is 15.9 Å². The number of ether oxygens (including phenoxy) is 1. The Morgan fingerprint density at radius 3 is 2.89 bits per heavy atom. The van der Waals surface area contributed by atoms with Crippen LogP contribution in [0.4, 0.5) is 4.39 Å². The maximum absolute atomic E-state index is 13.9. The Morgan fingerprint density at radius 1 is 1.41 bits per heavy atom. The Hall–Kier alpha value is -1.95. The van der Waals surface area contributed by atoms with E-state index in [9.17, 15) is 4.39 Å². The summed E-state index contributed by atoms with van der Waals surface area (Å²) in [6.07, 6.45) is 3.26. The van der Waals surface area contributed by atoms with Crippen molar-refractivity contribution in [1.29, 1.82) is 0 Å². The van der Waals surface area contributed by atoms with Crippen molar-refractivity contribution >= 4 is 28.2 Å². The third kappa shape index (κ3) is 6.31. The molecule has 1 aliphatic rings. The summed E-state index contributed by atoms with van der Waals surface area (Å²) in [7, 11) is 1.98. The zero-order valence-corrected chi connectivity index (χ0v) is 18.0. The van der Waals surface area contributed by atoms with Crippen molar-refractivity contribution in [3.63, 3.8) is 0 Å². The van der Waals surface area contributed by atoms with Crippen LogP contribution in [0.2, 0.25) is 0 Å². The van der Waals surface area contributed by atoms with Crippen LogP contribution in [0.3, 0.4) is 0 Å². The van der Waals surface area contributed by atoms with Gasteiger partial charge in [-0.1, -0.05) is 25.1 Å². The van der Waals surface area contributed by atoms with Crippen molar-refractivity contribution in [2.75, 3.05) is 20.1 Å². The van der Waals surface area contributed by atoms with Gasteiger partial charge in [-0.15, -0.1) is 0 Å². The zero-order chi connectivity index (χ0) is 19.8. The predicted molar refractivity (Wildman–Crippen MR) is 114 cm³/mol. The minimum atomic E-state index is -0.944. The summed E-state index contributed by atoms with van der Waals surface area (Å²) in [6, 6.07) is 7.45. The molecule has 1 aromatic rings. The Morgan fingerprint density at radius 2 is 2.19 bits per heavy atom. The van der Waals surface area contributed by atoms with Crippen LogP contribution in [0.25, 0.3) is 0 Å². The number of hydrogen-bond acceptors (Lipinski definition) is 3. The number of aliphatic imine (C=N–C) groups is 2. The molecule has 4 nitrogen and oxygen atoms in total. The number of alkyl halides is 1. The van der Waals surface area contributed by atoms with Crippen LogP contribution in [0.5, 0.6) is 0 Å². The smallest absolute Gasteiger partial charge is 0.224 e. The van der Waals surface area contributed by atoms with Gasteiger partial charge < -0.3 is 9.64 Å². The third-order valence-corrected chi connectivity index (χ3v) is 4.87. The molecule has 146 valence electrons. The van der Waals surface area contributed by atoms with E-state index in [1.165, 1.54) is 0 Å². The van der Waals surface area contributed by atoms with Gasteiger partial charge in [0.2, 0.25) is 5.90 Å². The molecular weight excluding hydrogens is 409 g/mol. The largest absolute Gasteiger partial charge is 0.472 e. The molecule has 27 heavy (non-hydrogen) atoms. The minimum Gasteiger partial charge on any atom is -0.472 e. The van der Waals surface area contributed by atoms with Gasteiger partial charge >= 0.3 is 0 Å². The number of halogens is 2. The molecule has 2 rings (SSSR count). The molecule has 0 radical (unpaired) electrons. The van der Waals surface area contributed by atoms with E-state index < -0.39 is 6.17 Å². The van der Waals surface area contributed by atoms with Gasteiger partial charge in [-0.25, -0.2) is 14.4 Å². The molecule has 0 saturated heterocycles. The Bertz CT molecular complexity index is 770. The lowest BCUT2D eigenvalue weighted by atomic mass is 10.1. The molecule has 0 aliphatic carbocycles. The summed E-state index contributed by atoms with van der Waals surface area (Å²) in [5.41, 5.74) is 3.54. The Labute approximate surface area is 169 Å². The second-order valence-electron chi connectivity index (χ2n) is 6.51. The summed E-state index contributed by atoms with van der Waals surface area (Å²) in [6.45, 7) is 7.67. The highest BCUT2D eigenvalue weighted by Gasteiger charge is 2.13. The molecule has 0 spiro atoms. The summed E-state index contributed by atoms with van der Waals surface area (Å²) in [4.78, 5) is 11.1. The highest BCUT2D eigenvalue weighted by Crippen LogP contribution is 2.24. The molecule has 6 heteroatoms. The summed E-state index contributed by atoms with van der Waals surface area (Å²) >= 11 is 3.54. The molecular formula is C21H27BrFN3O. The highest BCUT2D eigenvalue weighted by atomic mass is 79.9. The topological polar surface area (TPSA) is 37.2 Å². The molecule has 0 aromatic heterocycles. The van der Waals surface area contributed by atoms with E-state index in [-0.39, 0.29) is 0 Å². The van der Waals surface area contributed by atoms with Crippen molar-refractivity contribution in [2.24, 2.45) is 9.98 Å². The van der Waals surface area contributed by atoms with Crippen molar-refractivity contribution in [3.8, 4) is 0 Å². The second-order valence-corrected chi connectivity index (χ2v) is 7.36. The van der Waals surface area contributed by atoms with E-state index in [1.807, 2.05) is 62.5 Å². The van der Waals surface area contributed by atoms with Crippen molar-refractivity contribution < 1.29 is 9.13 Å². The molecule has 0 bridgehead atoms. The van der Waals surface area contributed by atoms with E-state index in [0.29, 0.717) is 31.0 Å². The first-order valence-electron chi connectivity index (χ1n) is 9.16.